The molecule has 1 heterocycles. The van der Waals surface area contributed by atoms with Crippen molar-refractivity contribution in [2.45, 2.75) is 18.9 Å². The van der Waals surface area contributed by atoms with Crippen molar-refractivity contribution in [3.8, 4) is 0 Å². The van der Waals surface area contributed by atoms with Gasteiger partial charge in [-0.15, -0.1) is 0 Å². The van der Waals surface area contributed by atoms with Crippen molar-refractivity contribution in [1.29, 1.82) is 0 Å². The lowest BCUT2D eigenvalue weighted by Crippen LogP contribution is -2.40. The van der Waals surface area contributed by atoms with Crippen molar-refractivity contribution in [3.05, 3.63) is 29.3 Å². The molecular formula is C13H14F2N2O4. The second-order valence-corrected chi connectivity index (χ2v) is 4.72. The Bertz CT molecular complexity index is 580. The monoisotopic (exact) mass is 300 g/mol. The van der Waals surface area contributed by atoms with E-state index in [1.807, 2.05) is 0 Å². The summed E-state index contributed by atoms with van der Waals surface area (Å²) in [6.07, 6.45) is 1.35. The summed E-state index contributed by atoms with van der Waals surface area (Å²) >= 11 is 0. The number of aromatic carboxylic acids is 1. The highest BCUT2D eigenvalue weighted by atomic mass is 19.1. The third-order valence-electron chi connectivity index (χ3n) is 3.38. The molecule has 1 fully saturated rings. The zero-order chi connectivity index (χ0) is 15.6. The number of aliphatic hydroxyl groups is 1. The molecule has 1 aliphatic rings. The van der Waals surface area contributed by atoms with Gasteiger partial charge in [0.1, 0.15) is 11.6 Å². The van der Waals surface area contributed by atoms with Crippen LogP contribution in [0.15, 0.2) is 12.1 Å². The molecule has 0 spiro atoms. The molecule has 0 aromatic heterocycles. The van der Waals surface area contributed by atoms with Crippen LogP contribution in [0.3, 0.4) is 0 Å². The Morgan fingerprint density at radius 3 is 2.67 bits per heavy atom. The fourth-order valence-electron chi connectivity index (χ4n) is 2.29. The number of hydrogen-bond acceptors (Lipinski definition) is 3. The predicted octanol–water partition coefficient (Wildman–Crippen LogP) is 1.65. The molecule has 1 aromatic carbocycles. The van der Waals surface area contributed by atoms with Gasteiger partial charge < -0.3 is 20.4 Å². The largest absolute Gasteiger partial charge is 0.478 e. The number of amides is 2. The van der Waals surface area contributed by atoms with E-state index in [4.69, 9.17) is 10.2 Å². The number of carboxylic acid groups (broad SMARTS) is 1. The van der Waals surface area contributed by atoms with Crippen molar-refractivity contribution in [1.82, 2.24) is 4.90 Å². The van der Waals surface area contributed by atoms with E-state index in [9.17, 15) is 18.4 Å². The molecule has 1 saturated heterocycles. The van der Waals surface area contributed by atoms with Crippen molar-refractivity contribution < 1.29 is 28.6 Å². The molecule has 114 valence electrons. The van der Waals surface area contributed by atoms with Crippen molar-refractivity contribution in [2.75, 3.05) is 18.5 Å². The Morgan fingerprint density at radius 1 is 1.33 bits per heavy atom. The van der Waals surface area contributed by atoms with Crippen LogP contribution in [0, 0.1) is 11.6 Å². The van der Waals surface area contributed by atoms with Gasteiger partial charge in [-0.1, -0.05) is 0 Å². The number of rotatable bonds is 3. The van der Waals surface area contributed by atoms with Gasteiger partial charge in [0.05, 0.1) is 23.9 Å². The number of urea groups is 1. The maximum Gasteiger partial charge on any atom is 0.338 e. The van der Waals surface area contributed by atoms with E-state index in [-0.39, 0.29) is 12.6 Å². The summed E-state index contributed by atoms with van der Waals surface area (Å²) in [4.78, 5) is 24.1. The van der Waals surface area contributed by atoms with Crippen LogP contribution in [0.4, 0.5) is 19.3 Å². The first kappa shape index (κ1) is 15.2. The summed E-state index contributed by atoms with van der Waals surface area (Å²) in [5, 5.41) is 20.1. The standard InChI is InChI=1S/C13H14F2N2O4/c14-9-5-10(15)11(4-8(9)12(19)20)16-13(21)17-3-1-2-7(17)6-18/h4-5,7,18H,1-3,6H2,(H,16,21)(H,19,20). The molecule has 6 nitrogen and oxygen atoms in total. The van der Waals surface area contributed by atoms with Gasteiger partial charge in [-0.05, 0) is 18.9 Å². The van der Waals surface area contributed by atoms with Crippen LogP contribution in [-0.2, 0) is 0 Å². The number of aliphatic hydroxyl groups excluding tert-OH is 1. The summed E-state index contributed by atoms with van der Waals surface area (Å²) in [7, 11) is 0. The lowest BCUT2D eigenvalue weighted by Gasteiger charge is -2.23. The van der Waals surface area contributed by atoms with Gasteiger partial charge in [-0.2, -0.15) is 0 Å². The van der Waals surface area contributed by atoms with Gasteiger partial charge in [0.15, 0.2) is 0 Å². The fourth-order valence-corrected chi connectivity index (χ4v) is 2.29. The Hall–Kier alpha value is -2.22. The first-order chi connectivity index (χ1) is 9.93. The topological polar surface area (TPSA) is 89.9 Å². The fraction of sp³-hybridized carbons (Fsp3) is 0.385. The first-order valence-corrected chi connectivity index (χ1v) is 6.35. The molecule has 2 rings (SSSR count). The zero-order valence-corrected chi connectivity index (χ0v) is 11.0. The second kappa shape index (κ2) is 6.04. The minimum Gasteiger partial charge on any atom is -0.478 e. The number of carbonyl (C=O) groups is 2. The molecule has 1 atom stereocenters. The number of carboxylic acids is 1. The molecular weight excluding hydrogens is 286 g/mol. The lowest BCUT2D eigenvalue weighted by molar-refractivity contribution is 0.0691. The number of hydrogen-bond donors (Lipinski definition) is 3. The molecule has 1 aromatic rings. The van der Waals surface area contributed by atoms with Crippen LogP contribution < -0.4 is 5.32 Å². The van der Waals surface area contributed by atoms with Gasteiger partial charge in [0.2, 0.25) is 0 Å². The number of benzene rings is 1. The van der Waals surface area contributed by atoms with Gasteiger partial charge in [0.25, 0.3) is 0 Å². The van der Waals surface area contributed by atoms with E-state index in [2.05, 4.69) is 5.32 Å². The lowest BCUT2D eigenvalue weighted by atomic mass is 10.2. The van der Waals surface area contributed by atoms with Crippen molar-refractivity contribution in [3.63, 3.8) is 0 Å². The summed E-state index contributed by atoms with van der Waals surface area (Å²) < 4.78 is 26.9. The highest BCUT2D eigenvalue weighted by molar-refractivity contribution is 5.93. The third kappa shape index (κ3) is 3.10. The highest BCUT2D eigenvalue weighted by Gasteiger charge is 2.28. The molecule has 0 radical (unpaired) electrons. The van der Waals surface area contributed by atoms with E-state index in [0.717, 1.165) is 6.07 Å². The van der Waals surface area contributed by atoms with Crippen LogP contribution in [0.5, 0.6) is 0 Å². The maximum atomic E-state index is 13.6. The van der Waals surface area contributed by atoms with Crippen molar-refractivity contribution in [2.24, 2.45) is 0 Å². The number of likely N-dealkylation sites (tertiary alicyclic amines) is 1. The molecule has 0 saturated carbocycles. The smallest absolute Gasteiger partial charge is 0.338 e. The number of anilines is 1. The summed E-state index contributed by atoms with van der Waals surface area (Å²) in [6.45, 7) is 0.200. The quantitative estimate of drug-likeness (QED) is 0.792. The Labute approximate surface area is 119 Å². The molecule has 8 heteroatoms. The number of nitrogens with one attached hydrogen (secondary N) is 1. The molecule has 1 unspecified atom stereocenters. The SMILES string of the molecule is O=C(O)c1cc(NC(=O)N2CCCC2CO)c(F)cc1F. The average molecular weight is 300 g/mol. The Morgan fingerprint density at radius 2 is 2.05 bits per heavy atom. The third-order valence-corrected chi connectivity index (χ3v) is 3.38. The van der Waals surface area contributed by atoms with Gasteiger partial charge in [-0.25, -0.2) is 18.4 Å². The molecule has 1 aliphatic heterocycles. The molecule has 0 aliphatic carbocycles. The number of halogens is 2. The number of carbonyl (C=O) groups excluding carboxylic acids is 1. The maximum absolute atomic E-state index is 13.6. The zero-order valence-electron chi connectivity index (χ0n) is 11.0. The van der Waals surface area contributed by atoms with Crippen LogP contribution in [0.1, 0.15) is 23.2 Å². The van der Waals surface area contributed by atoms with Crippen LogP contribution in [-0.4, -0.2) is 46.3 Å². The van der Waals surface area contributed by atoms with E-state index in [0.29, 0.717) is 25.5 Å². The van der Waals surface area contributed by atoms with Crippen molar-refractivity contribution >= 4 is 17.7 Å². The highest BCUT2D eigenvalue weighted by Crippen LogP contribution is 2.22. The van der Waals surface area contributed by atoms with Gasteiger partial charge in [-0.3, -0.25) is 0 Å². The van der Waals surface area contributed by atoms with E-state index >= 15 is 0 Å². The second-order valence-electron chi connectivity index (χ2n) is 4.72. The summed E-state index contributed by atoms with van der Waals surface area (Å²) in [6, 6.07) is 0.127. The minimum absolute atomic E-state index is 0.209. The van der Waals surface area contributed by atoms with Gasteiger partial charge in [0, 0.05) is 12.6 Å². The summed E-state index contributed by atoms with van der Waals surface area (Å²) in [5.74, 6) is -3.84. The van der Waals surface area contributed by atoms with Crippen LogP contribution in [0.2, 0.25) is 0 Å². The summed E-state index contributed by atoms with van der Waals surface area (Å²) in [5.41, 5.74) is -1.14. The molecule has 21 heavy (non-hydrogen) atoms. The molecule has 0 bridgehead atoms. The minimum atomic E-state index is -1.56. The van der Waals surface area contributed by atoms with Crippen LogP contribution >= 0.6 is 0 Å². The Balaban J connectivity index is 2.21. The first-order valence-electron chi connectivity index (χ1n) is 6.35. The van der Waals surface area contributed by atoms with Crippen LogP contribution in [0.25, 0.3) is 0 Å². The van der Waals surface area contributed by atoms with E-state index in [1.165, 1.54) is 4.90 Å². The molecule has 2 amide bonds. The predicted molar refractivity (Wildman–Crippen MR) is 69.1 cm³/mol. The molecule has 3 N–H and O–H groups in total. The Kier molecular flexibility index (Phi) is 4.37. The number of nitrogens with zero attached hydrogens (tertiary/aromatic N) is 1. The average Bonchev–Trinajstić information content (AvgIpc) is 2.89. The van der Waals surface area contributed by atoms with E-state index in [1.54, 1.807) is 0 Å². The van der Waals surface area contributed by atoms with E-state index < -0.39 is 34.9 Å². The normalized spacial score (nSPS) is 17.9. The van der Waals surface area contributed by atoms with Gasteiger partial charge >= 0.3 is 12.0 Å².